The number of esters is 1. The molecule has 0 spiro atoms. The van der Waals surface area contributed by atoms with Crippen LogP contribution in [0.5, 0.6) is 0 Å². The smallest absolute Gasteiger partial charge is 0.338 e. The summed E-state index contributed by atoms with van der Waals surface area (Å²) in [5.41, 5.74) is 3.28. The van der Waals surface area contributed by atoms with Gasteiger partial charge in [-0.1, -0.05) is 6.58 Å². The lowest BCUT2D eigenvalue weighted by Crippen LogP contribution is -2.40. The number of likely N-dealkylation sites (N-methyl/N-ethyl adjacent to an activating group) is 1. The van der Waals surface area contributed by atoms with Gasteiger partial charge in [0.1, 0.15) is 0 Å². The fourth-order valence-electron chi connectivity index (χ4n) is 2.85. The number of carbonyl (C=O) groups is 1. The molecule has 3 rings (SSSR count). The van der Waals surface area contributed by atoms with E-state index in [0.29, 0.717) is 5.56 Å². The van der Waals surface area contributed by atoms with Crippen molar-refractivity contribution in [2.75, 3.05) is 33.2 Å². The van der Waals surface area contributed by atoms with Gasteiger partial charge in [0, 0.05) is 42.5 Å². The second-order valence-electron chi connectivity index (χ2n) is 6.70. The molecule has 1 N–H and O–H groups in total. The van der Waals surface area contributed by atoms with Gasteiger partial charge >= 0.3 is 5.97 Å². The highest BCUT2D eigenvalue weighted by Crippen LogP contribution is 2.26. The van der Waals surface area contributed by atoms with Crippen molar-refractivity contribution in [2.45, 2.75) is 26.9 Å². The summed E-state index contributed by atoms with van der Waals surface area (Å²) >= 11 is 3.48. The number of carbonyl (C=O) groups excluding carboxylic acids is 1. The third kappa shape index (κ3) is 4.96. The topological polar surface area (TPSA) is 46.0 Å². The normalized spacial score (nSPS) is 14.8. The van der Waals surface area contributed by atoms with E-state index in [2.05, 4.69) is 39.8 Å². The van der Waals surface area contributed by atoms with Crippen LogP contribution in [0.3, 0.4) is 0 Å². The molecule has 0 saturated carbocycles. The summed E-state index contributed by atoms with van der Waals surface area (Å²) in [4.78, 5) is 14.5. The van der Waals surface area contributed by atoms with E-state index in [-0.39, 0.29) is 12.1 Å². The van der Waals surface area contributed by atoms with E-state index in [1.165, 1.54) is 13.1 Å². The number of fused-ring (bicyclic) bond motifs is 1. The monoisotopic (exact) mass is 421 g/mol. The standard InChI is InChI=1S/C15H16BrNO2.C5H12N2/c1-5-13-10(4)11(15(18)19-9(2)3)8-14-12(16)6-7-17(13)14;1-7-4-2-6-3-5-7/h5-9H,1H2,2-4H3;6H,2-5H2,1H3. The van der Waals surface area contributed by atoms with Crippen molar-refractivity contribution in [3.63, 3.8) is 0 Å². The summed E-state index contributed by atoms with van der Waals surface area (Å²) in [5, 5.41) is 3.27. The Bertz CT molecular complexity index is 777. The minimum Gasteiger partial charge on any atom is -0.459 e. The molecule has 5 nitrogen and oxygen atoms in total. The highest BCUT2D eigenvalue weighted by atomic mass is 79.9. The van der Waals surface area contributed by atoms with Gasteiger partial charge in [0.05, 0.1) is 17.2 Å². The maximum Gasteiger partial charge on any atom is 0.338 e. The zero-order valence-corrected chi connectivity index (χ0v) is 17.6. The quantitative estimate of drug-likeness (QED) is 0.766. The van der Waals surface area contributed by atoms with Crippen LogP contribution in [0, 0.1) is 6.92 Å². The highest BCUT2D eigenvalue weighted by molar-refractivity contribution is 9.10. The number of nitrogens with one attached hydrogen (secondary N) is 1. The van der Waals surface area contributed by atoms with Crippen LogP contribution in [-0.4, -0.2) is 54.6 Å². The molecule has 0 bridgehead atoms. The van der Waals surface area contributed by atoms with E-state index in [9.17, 15) is 4.79 Å². The van der Waals surface area contributed by atoms with E-state index in [0.717, 1.165) is 34.3 Å². The Morgan fingerprint density at radius 2 is 2.04 bits per heavy atom. The van der Waals surface area contributed by atoms with E-state index < -0.39 is 0 Å². The maximum absolute atomic E-state index is 12.1. The number of pyridine rings is 1. The Morgan fingerprint density at radius 1 is 1.38 bits per heavy atom. The summed E-state index contributed by atoms with van der Waals surface area (Å²) in [6.07, 6.45) is 3.56. The van der Waals surface area contributed by atoms with Gasteiger partial charge in [-0.25, -0.2) is 4.79 Å². The molecule has 1 aliphatic rings. The van der Waals surface area contributed by atoms with Crippen LogP contribution in [-0.2, 0) is 4.74 Å². The van der Waals surface area contributed by atoms with Crippen molar-refractivity contribution in [3.05, 3.63) is 46.2 Å². The molecule has 1 saturated heterocycles. The van der Waals surface area contributed by atoms with Crippen molar-refractivity contribution < 1.29 is 9.53 Å². The van der Waals surface area contributed by atoms with Gasteiger partial charge in [-0.2, -0.15) is 0 Å². The number of hydrogen-bond acceptors (Lipinski definition) is 4. The molecule has 142 valence electrons. The van der Waals surface area contributed by atoms with Crippen molar-refractivity contribution in [1.29, 1.82) is 0 Å². The predicted molar refractivity (Wildman–Crippen MR) is 111 cm³/mol. The van der Waals surface area contributed by atoms with Crippen molar-refractivity contribution in [3.8, 4) is 0 Å². The molecule has 1 fully saturated rings. The first-order valence-corrected chi connectivity index (χ1v) is 9.67. The number of nitrogens with zero attached hydrogens (tertiary/aromatic N) is 2. The lowest BCUT2D eigenvalue weighted by Gasteiger charge is -2.21. The second-order valence-corrected chi connectivity index (χ2v) is 7.55. The second kappa shape index (κ2) is 9.35. The molecular weight excluding hydrogens is 394 g/mol. The maximum atomic E-state index is 12.1. The SMILES string of the molecule is C=Cc1c(C)c(C(=O)OC(C)C)cc2c(Br)ccn12.CN1CCNCC1. The summed E-state index contributed by atoms with van der Waals surface area (Å²) in [5.74, 6) is -0.300. The van der Waals surface area contributed by atoms with E-state index in [1.54, 1.807) is 6.08 Å². The molecule has 2 aromatic rings. The third-order valence-corrected chi connectivity index (χ3v) is 4.97. The average molecular weight is 422 g/mol. The van der Waals surface area contributed by atoms with Gasteiger partial charge in [0.25, 0.3) is 0 Å². The Balaban J connectivity index is 0.000000290. The number of halogens is 1. The average Bonchev–Trinajstić information content (AvgIpc) is 2.96. The highest BCUT2D eigenvalue weighted by Gasteiger charge is 2.17. The molecule has 0 unspecified atom stereocenters. The molecule has 3 heterocycles. The van der Waals surface area contributed by atoms with Crippen LogP contribution in [0.2, 0.25) is 0 Å². The van der Waals surface area contributed by atoms with Crippen LogP contribution < -0.4 is 5.32 Å². The zero-order valence-electron chi connectivity index (χ0n) is 16.0. The summed E-state index contributed by atoms with van der Waals surface area (Å²) in [6.45, 7) is 14.2. The van der Waals surface area contributed by atoms with Gasteiger partial charge in [0.2, 0.25) is 0 Å². The summed E-state index contributed by atoms with van der Waals surface area (Å²) in [7, 11) is 2.15. The molecule has 0 aromatic carbocycles. The molecule has 26 heavy (non-hydrogen) atoms. The van der Waals surface area contributed by atoms with E-state index >= 15 is 0 Å². The third-order valence-electron chi connectivity index (χ3n) is 4.30. The van der Waals surface area contributed by atoms with Crippen LogP contribution in [0.1, 0.15) is 35.5 Å². The van der Waals surface area contributed by atoms with Crippen LogP contribution in [0.4, 0.5) is 0 Å². The molecule has 0 radical (unpaired) electrons. The first kappa shape index (κ1) is 20.7. The molecule has 0 amide bonds. The molecule has 2 aromatic heterocycles. The van der Waals surface area contributed by atoms with E-state index in [1.807, 2.05) is 43.5 Å². The fraction of sp³-hybridized carbons (Fsp3) is 0.450. The summed E-state index contributed by atoms with van der Waals surface area (Å²) in [6, 6.07) is 3.79. The molecule has 6 heteroatoms. The molecular formula is C20H28BrN3O2. The lowest BCUT2D eigenvalue weighted by atomic mass is 10.1. The van der Waals surface area contributed by atoms with Crippen LogP contribution >= 0.6 is 15.9 Å². The van der Waals surface area contributed by atoms with Gasteiger partial charge < -0.3 is 19.4 Å². The summed E-state index contributed by atoms with van der Waals surface area (Å²) < 4.78 is 8.22. The van der Waals surface area contributed by atoms with Crippen LogP contribution in [0.25, 0.3) is 11.6 Å². The van der Waals surface area contributed by atoms with Gasteiger partial charge in [0.15, 0.2) is 0 Å². The van der Waals surface area contributed by atoms with Crippen molar-refractivity contribution >= 4 is 33.5 Å². The van der Waals surface area contributed by atoms with Gasteiger partial charge in [-0.05, 0) is 67.5 Å². The van der Waals surface area contributed by atoms with Crippen LogP contribution in [0.15, 0.2) is 29.4 Å². The van der Waals surface area contributed by atoms with Crippen molar-refractivity contribution in [1.82, 2.24) is 14.6 Å². The number of piperazine rings is 1. The zero-order chi connectivity index (χ0) is 19.3. The molecule has 0 aliphatic carbocycles. The first-order chi connectivity index (χ1) is 12.3. The Morgan fingerprint density at radius 3 is 2.54 bits per heavy atom. The first-order valence-electron chi connectivity index (χ1n) is 8.88. The fourth-order valence-corrected chi connectivity index (χ4v) is 3.27. The Kier molecular flexibility index (Phi) is 7.43. The van der Waals surface area contributed by atoms with Crippen molar-refractivity contribution in [2.24, 2.45) is 0 Å². The Labute approximate surface area is 164 Å². The molecule has 1 aliphatic heterocycles. The number of rotatable bonds is 3. The lowest BCUT2D eigenvalue weighted by molar-refractivity contribution is 0.0377. The van der Waals surface area contributed by atoms with Gasteiger partial charge in [-0.3, -0.25) is 0 Å². The minimum atomic E-state index is -0.300. The minimum absolute atomic E-state index is 0.134. The number of aromatic nitrogens is 1. The number of ether oxygens (including phenoxy) is 1. The molecule has 0 atom stereocenters. The largest absolute Gasteiger partial charge is 0.459 e. The Hall–Kier alpha value is -1.63. The predicted octanol–water partition coefficient (Wildman–Crippen LogP) is 3.74. The van der Waals surface area contributed by atoms with Gasteiger partial charge in [-0.15, -0.1) is 0 Å². The van der Waals surface area contributed by atoms with E-state index in [4.69, 9.17) is 4.74 Å². The number of hydrogen-bond donors (Lipinski definition) is 1.